The molecule has 5 nitrogen and oxygen atoms in total. The van der Waals surface area contributed by atoms with Crippen LogP contribution in [0.25, 0.3) is 17.2 Å². The zero-order valence-corrected chi connectivity index (χ0v) is 11.0. The van der Waals surface area contributed by atoms with Gasteiger partial charge in [-0.2, -0.15) is 9.50 Å². The molecule has 0 saturated carbocycles. The normalized spacial score (nSPS) is 11.0. The van der Waals surface area contributed by atoms with Crippen LogP contribution in [0.15, 0.2) is 30.6 Å². The first-order chi connectivity index (χ1) is 8.66. The molecule has 0 spiro atoms. The summed E-state index contributed by atoms with van der Waals surface area (Å²) in [5.41, 5.74) is 0.765. The molecule has 0 N–H and O–H groups in total. The van der Waals surface area contributed by atoms with Gasteiger partial charge in [-0.15, -0.1) is 5.10 Å². The Morgan fingerprint density at radius 1 is 1.28 bits per heavy atom. The molecule has 1 aromatic carbocycles. The Morgan fingerprint density at radius 3 is 2.83 bits per heavy atom. The molecule has 2 heterocycles. The van der Waals surface area contributed by atoms with Crippen molar-refractivity contribution in [2.24, 2.45) is 7.05 Å². The predicted octanol–water partition coefficient (Wildman–Crippen LogP) is 2.51. The molecule has 7 heteroatoms. The van der Waals surface area contributed by atoms with Crippen LogP contribution in [0, 0.1) is 4.77 Å². The Morgan fingerprint density at radius 2 is 2.06 bits per heavy atom. The molecule has 0 fully saturated rings. The van der Waals surface area contributed by atoms with Gasteiger partial charge >= 0.3 is 0 Å². The number of aryl methyl sites for hydroxylation is 1. The van der Waals surface area contributed by atoms with Crippen LogP contribution in [0.2, 0.25) is 5.02 Å². The molecular formula is C11H8ClN5S. The maximum absolute atomic E-state index is 6.12. The van der Waals surface area contributed by atoms with Crippen molar-refractivity contribution in [2.75, 3.05) is 0 Å². The van der Waals surface area contributed by atoms with Gasteiger partial charge in [0.2, 0.25) is 4.77 Å². The monoisotopic (exact) mass is 277 g/mol. The molecule has 0 bridgehead atoms. The summed E-state index contributed by atoms with van der Waals surface area (Å²) in [4.78, 5) is 8.48. The average Bonchev–Trinajstić information content (AvgIpc) is 2.79. The van der Waals surface area contributed by atoms with E-state index in [0.29, 0.717) is 21.4 Å². The molecule has 0 aliphatic rings. The minimum Gasteiger partial charge on any atom is -0.311 e. The lowest BCUT2D eigenvalue weighted by molar-refractivity contribution is 0.747. The number of rotatable bonds is 1. The van der Waals surface area contributed by atoms with Crippen molar-refractivity contribution in [1.82, 2.24) is 24.1 Å². The number of nitrogens with zero attached hydrogens (tertiary/aromatic N) is 5. The number of aromatic nitrogens is 5. The highest BCUT2D eigenvalue weighted by Gasteiger charge is 2.11. The molecule has 18 heavy (non-hydrogen) atoms. The van der Waals surface area contributed by atoms with Crippen LogP contribution in [0.1, 0.15) is 0 Å². The first-order valence-corrected chi connectivity index (χ1v) is 5.99. The Bertz CT molecular complexity index is 791. The predicted molar refractivity (Wildman–Crippen MR) is 71.0 cm³/mol. The van der Waals surface area contributed by atoms with E-state index >= 15 is 0 Å². The maximum atomic E-state index is 6.12. The average molecular weight is 278 g/mol. The lowest BCUT2D eigenvalue weighted by atomic mass is 10.2. The third-order valence-electron chi connectivity index (χ3n) is 2.53. The van der Waals surface area contributed by atoms with Gasteiger partial charge in [0.15, 0.2) is 5.82 Å². The Labute approximate surface area is 113 Å². The highest BCUT2D eigenvalue weighted by atomic mass is 35.5. The fourth-order valence-corrected chi connectivity index (χ4v) is 2.00. The van der Waals surface area contributed by atoms with Crippen molar-refractivity contribution < 1.29 is 0 Å². The summed E-state index contributed by atoms with van der Waals surface area (Å²) in [6.07, 6.45) is 1.61. The summed E-state index contributed by atoms with van der Waals surface area (Å²) in [5, 5.41) is 4.94. The Kier molecular flexibility index (Phi) is 2.61. The minimum absolute atomic E-state index is 0.466. The second-order valence-corrected chi connectivity index (χ2v) is 4.54. The summed E-state index contributed by atoms with van der Waals surface area (Å²) in [6, 6.07) is 7.40. The highest BCUT2D eigenvalue weighted by Crippen LogP contribution is 2.24. The van der Waals surface area contributed by atoms with Crippen LogP contribution < -0.4 is 0 Å². The Hall–Kier alpha value is -1.79. The van der Waals surface area contributed by atoms with Crippen LogP contribution in [-0.2, 0) is 7.05 Å². The van der Waals surface area contributed by atoms with Gasteiger partial charge in [-0.3, -0.25) is 0 Å². The standard InChI is InChI=1S/C11H8ClN5S/c1-16-6-13-10-14-9(15-17(10)11(16)18)7-4-2-3-5-8(7)12/h2-6H,1H3. The van der Waals surface area contributed by atoms with Gasteiger partial charge in [-0.25, -0.2) is 4.98 Å². The van der Waals surface area contributed by atoms with E-state index < -0.39 is 0 Å². The van der Waals surface area contributed by atoms with E-state index in [2.05, 4.69) is 15.1 Å². The van der Waals surface area contributed by atoms with Crippen LogP contribution in [0.4, 0.5) is 0 Å². The van der Waals surface area contributed by atoms with Crippen molar-refractivity contribution in [3.8, 4) is 11.4 Å². The van der Waals surface area contributed by atoms with E-state index in [9.17, 15) is 0 Å². The van der Waals surface area contributed by atoms with Gasteiger partial charge in [0.1, 0.15) is 6.33 Å². The zero-order valence-electron chi connectivity index (χ0n) is 9.41. The van der Waals surface area contributed by atoms with Gasteiger partial charge in [-0.1, -0.05) is 23.7 Å². The molecule has 0 atom stereocenters. The van der Waals surface area contributed by atoms with Gasteiger partial charge in [0, 0.05) is 12.6 Å². The summed E-state index contributed by atoms with van der Waals surface area (Å²) in [7, 11) is 1.81. The number of halogens is 1. The first kappa shape index (κ1) is 11.3. The van der Waals surface area contributed by atoms with Gasteiger partial charge < -0.3 is 4.57 Å². The second-order valence-electron chi connectivity index (χ2n) is 3.77. The first-order valence-electron chi connectivity index (χ1n) is 5.20. The molecule has 0 aliphatic heterocycles. The maximum Gasteiger partial charge on any atom is 0.256 e. The van der Waals surface area contributed by atoms with E-state index in [1.807, 2.05) is 25.2 Å². The van der Waals surface area contributed by atoms with Gasteiger partial charge in [0.25, 0.3) is 5.78 Å². The largest absolute Gasteiger partial charge is 0.311 e. The van der Waals surface area contributed by atoms with Crippen LogP contribution in [-0.4, -0.2) is 24.1 Å². The lowest BCUT2D eigenvalue weighted by Crippen LogP contribution is -2.02. The topological polar surface area (TPSA) is 48.0 Å². The lowest BCUT2D eigenvalue weighted by Gasteiger charge is -1.97. The molecule has 3 rings (SSSR count). The van der Waals surface area contributed by atoms with Crippen molar-refractivity contribution in [1.29, 1.82) is 0 Å². The fourth-order valence-electron chi connectivity index (χ4n) is 1.61. The molecule has 0 amide bonds. The number of fused-ring (bicyclic) bond motifs is 1. The SMILES string of the molecule is Cn1cnc2nc(-c3ccccc3Cl)nn2c1=S. The second kappa shape index (κ2) is 4.15. The summed E-state index contributed by atoms with van der Waals surface area (Å²) >= 11 is 11.4. The zero-order chi connectivity index (χ0) is 12.7. The number of hydrogen-bond acceptors (Lipinski definition) is 4. The third-order valence-corrected chi connectivity index (χ3v) is 3.32. The highest BCUT2D eigenvalue weighted by molar-refractivity contribution is 7.71. The van der Waals surface area contributed by atoms with Crippen molar-refractivity contribution >= 4 is 29.6 Å². The molecule has 3 aromatic rings. The van der Waals surface area contributed by atoms with E-state index in [4.69, 9.17) is 23.8 Å². The van der Waals surface area contributed by atoms with Crippen molar-refractivity contribution in [3.05, 3.63) is 40.4 Å². The van der Waals surface area contributed by atoms with Crippen molar-refractivity contribution in [2.45, 2.75) is 0 Å². The smallest absolute Gasteiger partial charge is 0.256 e. The third kappa shape index (κ3) is 1.70. The van der Waals surface area contributed by atoms with Crippen LogP contribution in [0.3, 0.4) is 0 Å². The molecule has 0 saturated heterocycles. The molecule has 0 unspecified atom stereocenters. The van der Waals surface area contributed by atoms with Gasteiger partial charge in [0.05, 0.1) is 5.02 Å². The van der Waals surface area contributed by atoms with Crippen molar-refractivity contribution in [3.63, 3.8) is 0 Å². The molecule has 0 aliphatic carbocycles. The van der Waals surface area contributed by atoms with E-state index in [1.54, 1.807) is 17.0 Å². The quantitative estimate of drug-likeness (QED) is 0.641. The fraction of sp³-hybridized carbons (Fsp3) is 0.0909. The molecule has 90 valence electrons. The molecular weight excluding hydrogens is 270 g/mol. The van der Waals surface area contributed by atoms with E-state index in [1.165, 1.54) is 4.52 Å². The van der Waals surface area contributed by atoms with E-state index in [-0.39, 0.29) is 0 Å². The van der Waals surface area contributed by atoms with Crippen LogP contribution >= 0.6 is 23.8 Å². The minimum atomic E-state index is 0.466. The molecule has 0 radical (unpaired) electrons. The summed E-state index contributed by atoms with van der Waals surface area (Å²) < 4.78 is 3.76. The Balaban J connectivity index is 2.30. The summed E-state index contributed by atoms with van der Waals surface area (Å²) in [5.74, 6) is 0.985. The number of benzene rings is 1. The summed E-state index contributed by atoms with van der Waals surface area (Å²) in [6.45, 7) is 0. The molecule has 2 aromatic heterocycles. The van der Waals surface area contributed by atoms with Gasteiger partial charge in [-0.05, 0) is 24.4 Å². The number of hydrogen-bond donors (Lipinski definition) is 0. The van der Waals surface area contributed by atoms with Crippen LogP contribution in [0.5, 0.6) is 0 Å². The van der Waals surface area contributed by atoms with E-state index in [0.717, 1.165) is 5.56 Å².